The summed E-state index contributed by atoms with van der Waals surface area (Å²) >= 11 is 4.53. The van der Waals surface area contributed by atoms with Crippen LogP contribution in [-0.4, -0.2) is 49.3 Å². The molecule has 0 saturated heterocycles. The van der Waals surface area contributed by atoms with Crippen LogP contribution in [-0.2, 0) is 19.4 Å². The molecule has 0 heterocycles. The van der Waals surface area contributed by atoms with Crippen LogP contribution in [0, 0.1) is 0 Å². The van der Waals surface area contributed by atoms with Crippen LogP contribution in [0.15, 0.2) is 0 Å². The second-order valence-corrected chi connectivity index (χ2v) is 7.54. The number of rotatable bonds is 5. The van der Waals surface area contributed by atoms with Crippen molar-refractivity contribution >= 4 is 38.9 Å². The second kappa shape index (κ2) is 6.10. The molecule has 0 unspecified atom stereocenters. The maximum Gasteiger partial charge on any atom is 0.309 e. The number of carbonyl (C=O) groups is 2. The minimum absolute atomic E-state index is 0.0487. The summed E-state index contributed by atoms with van der Waals surface area (Å²) in [7, 11) is -3.34. The van der Waals surface area contributed by atoms with Gasteiger partial charge in [0, 0.05) is 12.8 Å². The molecule has 2 amide bonds. The molecule has 4 N–H and O–H groups in total. The van der Waals surface area contributed by atoms with E-state index in [-0.39, 0.29) is 18.1 Å². The molecule has 0 radical (unpaired) electrons. The lowest BCUT2D eigenvalue weighted by Crippen LogP contribution is -2.49. The second-order valence-electron chi connectivity index (χ2n) is 4.36. The molecule has 0 rings (SSSR count). The van der Waals surface area contributed by atoms with Crippen molar-refractivity contribution in [2.24, 2.45) is 5.73 Å². The number of nitrogens with two attached hydrogens (primary N) is 1. The summed E-state index contributed by atoms with van der Waals surface area (Å²) in [5.74, 6) is -1.84. The van der Waals surface area contributed by atoms with Crippen molar-refractivity contribution in [1.82, 2.24) is 10.6 Å². The summed E-state index contributed by atoms with van der Waals surface area (Å²) < 4.78 is 21.6. The van der Waals surface area contributed by atoms with Crippen molar-refractivity contribution in [3.8, 4) is 0 Å². The topological polar surface area (TPSA) is 118 Å². The summed E-state index contributed by atoms with van der Waals surface area (Å²) in [5.41, 5.74) is 5.15. The highest BCUT2D eigenvalue weighted by atomic mass is 32.2. The van der Waals surface area contributed by atoms with Crippen molar-refractivity contribution in [3.05, 3.63) is 0 Å². The van der Waals surface area contributed by atoms with Gasteiger partial charge in [-0.05, 0) is 13.8 Å². The van der Waals surface area contributed by atoms with Crippen molar-refractivity contribution in [2.75, 3.05) is 19.3 Å². The number of carbonyl (C=O) groups excluding carboxylic acids is 2. The van der Waals surface area contributed by atoms with E-state index in [0.29, 0.717) is 0 Å². The molecule has 0 aromatic rings. The Kier molecular flexibility index (Phi) is 5.68. The third kappa shape index (κ3) is 5.41. The Labute approximate surface area is 111 Å². The van der Waals surface area contributed by atoms with E-state index in [1.807, 2.05) is 0 Å². The Morgan fingerprint density at radius 1 is 1.22 bits per heavy atom. The van der Waals surface area contributed by atoms with Crippen LogP contribution in [0.3, 0.4) is 0 Å². The molecule has 0 bridgehead atoms. The third-order valence-electron chi connectivity index (χ3n) is 2.31. The van der Waals surface area contributed by atoms with Gasteiger partial charge in [-0.1, -0.05) is 12.2 Å². The van der Waals surface area contributed by atoms with Crippen molar-refractivity contribution in [2.45, 2.75) is 18.6 Å². The van der Waals surface area contributed by atoms with E-state index >= 15 is 0 Å². The Balaban J connectivity index is 4.35. The number of thiocarbonyl (C=S) groups is 1. The molecule has 0 spiro atoms. The maximum atomic E-state index is 11.4. The molecule has 104 valence electrons. The van der Waals surface area contributed by atoms with Gasteiger partial charge in [-0.3, -0.25) is 9.59 Å². The SMILES string of the molecule is CC(C)(CNC(=O)C(=O)NCC(N)=S)S(C)(=O)=O. The molecular weight excluding hydrogens is 278 g/mol. The van der Waals surface area contributed by atoms with Gasteiger partial charge in [-0.2, -0.15) is 0 Å². The smallest absolute Gasteiger partial charge is 0.309 e. The van der Waals surface area contributed by atoms with Gasteiger partial charge in [0.1, 0.15) is 0 Å². The van der Waals surface area contributed by atoms with E-state index < -0.39 is 26.4 Å². The predicted octanol–water partition coefficient (Wildman–Crippen LogP) is -1.67. The van der Waals surface area contributed by atoms with Crippen LogP contribution in [0.4, 0.5) is 0 Å². The number of hydrogen-bond donors (Lipinski definition) is 3. The fraction of sp³-hybridized carbons (Fsp3) is 0.667. The number of amides is 2. The van der Waals surface area contributed by atoms with Gasteiger partial charge in [-0.15, -0.1) is 0 Å². The normalized spacial score (nSPS) is 11.7. The lowest BCUT2D eigenvalue weighted by Gasteiger charge is -2.22. The van der Waals surface area contributed by atoms with Gasteiger partial charge < -0.3 is 16.4 Å². The molecule has 0 aromatic carbocycles. The highest BCUT2D eigenvalue weighted by molar-refractivity contribution is 7.92. The first-order valence-corrected chi connectivity index (χ1v) is 7.31. The fourth-order valence-corrected chi connectivity index (χ4v) is 1.16. The first-order valence-electron chi connectivity index (χ1n) is 5.01. The van der Waals surface area contributed by atoms with Crippen LogP contribution >= 0.6 is 12.2 Å². The average Bonchev–Trinajstić information content (AvgIpc) is 2.20. The molecule has 0 saturated carbocycles. The Morgan fingerprint density at radius 3 is 2.06 bits per heavy atom. The number of sulfone groups is 1. The van der Waals surface area contributed by atoms with Crippen LogP contribution in [0.1, 0.15) is 13.8 Å². The molecule has 0 aliphatic heterocycles. The van der Waals surface area contributed by atoms with E-state index in [1.54, 1.807) is 0 Å². The number of hydrogen-bond acceptors (Lipinski definition) is 5. The maximum absolute atomic E-state index is 11.4. The molecule has 0 aliphatic carbocycles. The van der Waals surface area contributed by atoms with Crippen molar-refractivity contribution in [1.29, 1.82) is 0 Å². The zero-order chi connectivity index (χ0) is 14.6. The number of nitrogens with one attached hydrogen (secondary N) is 2. The predicted molar refractivity (Wildman–Crippen MR) is 71.7 cm³/mol. The van der Waals surface area contributed by atoms with E-state index in [4.69, 9.17) is 5.73 Å². The molecule has 9 heteroatoms. The first-order chi connectivity index (χ1) is 7.97. The first kappa shape index (κ1) is 16.8. The van der Waals surface area contributed by atoms with Gasteiger partial charge in [0.05, 0.1) is 16.3 Å². The van der Waals surface area contributed by atoms with Crippen molar-refractivity contribution in [3.63, 3.8) is 0 Å². The summed E-state index contributed by atoms with van der Waals surface area (Å²) in [6.07, 6.45) is 1.06. The largest absolute Gasteiger partial charge is 0.392 e. The van der Waals surface area contributed by atoms with Gasteiger partial charge in [0.25, 0.3) is 0 Å². The minimum Gasteiger partial charge on any atom is -0.392 e. The summed E-state index contributed by atoms with van der Waals surface area (Å²) in [4.78, 5) is 22.6. The Morgan fingerprint density at radius 2 is 1.67 bits per heavy atom. The van der Waals surface area contributed by atoms with Gasteiger partial charge >= 0.3 is 11.8 Å². The summed E-state index contributed by atoms with van der Waals surface area (Å²) in [6.45, 7) is 2.66. The highest BCUT2D eigenvalue weighted by Gasteiger charge is 2.31. The Bertz CT molecular complexity index is 456. The highest BCUT2D eigenvalue weighted by Crippen LogP contribution is 2.13. The molecule has 0 aliphatic rings. The molecular formula is C9H17N3O4S2. The van der Waals surface area contributed by atoms with Gasteiger partial charge in [0.2, 0.25) is 0 Å². The van der Waals surface area contributed by atoms with Gasteiger partial charge in [0.15, 0.2) is 9.84 Å². The van der Waals surface area contributed by atoms with E-state index in [0.717, 1.165) is 6.26 Å². The molecule has 0 fully saturated rings. The molecule has 18 heavy (non-hydrogen) atoms. The zero-order valence-electron chi connectivity index (χ0n) is 10.4. The fourth-order valence-electron chi connectivity index (χ4n) is 0.752. The molecule has 0 aromatic heterocycles. The van der Waals surface area contributed by atoms with Crippen molar-refractivity contribution < 1.29 is 18.0 Å². The lowest BCUT2D eigenvalue weighted by molar-refractivity contribution is -0.139. The molecule has 0 atom stereocenters. The lowest BCUT2D eigenvalue weighted by atomic mass is 10.2. The van der Waals surface area contributed by atoms with Crippen LogP contribution in [0.2, 0.25) is 0 Å². The van der Waals surface area contributed by atoms with Crippen LogP contribution in [0.5, 0.6) is 0 Å². The molecule has 7 nitrogen and oxygen atoms in total. The monoisotopic (exact) mass is 295 g/mol. The Hall–Kier alpha value is -1.22. The standard InChI is InChI=1S/C9H17N3O4S2/c1-9(2,18(3,15)16)5-12-8(14)7(13)11-4-6(10)17/h4-5H2,1-3H3,(H2,10,17)(H,11,13)(H,12,14). The van der Waals surface area contributed by atoms with E-state index in [1.165, 1.54) is 13.8 Å². The van der Waals surface area contributed by atoms with E-state index in [2.05, 4.69) is 22.9 Å². The van der Waals surface area contributed by atoms with E-state index in [9.17, 15) is 18.0 Å². The quantitative estimate of drug-likeness (QED) is 0.412. The van der Waals surface area contributed by atoms with Crippen LogP contribution < -0.4 is 16.4 Å². The van der Waals surface area contributed by atoms with Crippen LogP contribution in [0.25, 0.3) is 0 Å². The average molecular weight is 295 g/mol. The minimum atomic E-state index is -3.34. The zero-order valence-corrected chi connectivity index (χ0v) is 12.1. The van der Waals surface area contributed by atoms with Gasteiger partial charge in [-0.25, -0.2) is 8.42 Å². The third-order valence-corrected chi connectivity index (χ3v) is 4.60. The summed E-state index contributed by atoms with van der Waals surface area (Å²) in [5, 5.41) is 4.43. The summed E-state index contributed by atoms with van der Waals surface area (Å²) in [6, 6.07) is 0.